The molecule has 0 fully saturated rings. The maximum absolute atomic E-state index is 5.57. The van der Waals surface area contributed by atoms with E-state index in [1.165, 1.54) is 19.3 Å². The number of unbranched alkanes of at least 4 members (excludes halogenated alkanes) is 3. The summed E-state index contributed by atoms with van der Waals surface area (Å²) in [5.74, 6) is 0.807. The molecule has 0 aromatic carbocycles. The highest BCUT2D eigenvalue weighted by Gasteiger charge is 1.89. The molecule has 0 unspecified atom stereocenters. The molecule has 13 heavy (non-hydrogen) atoms. The first-order chi connectivity index (χ1) is 6.41. The van der Waals surface area contributed by atoms with E-state index >= 15 is 0 Å². The van der Waals surface area contributed by atoms with Crippen molar-refractivity contribution >= 4 is 11.6 Å². The summed E-state index contributed by atoms with van der Waals surface area (Å²) >= 11 is 5.57. The fourth-order valence-electron chi connectivity index (χ4n) is 1.16. The van der Waals surface area contributed by atoms with Gasteiger partial charge in [0.05, 0.1) is 0 Å². The molecule has 80 valence electrons. The minimum Gasteiger partial charge on any atom is -0.385 e. The highest BCUT2D eigenvalue weighted by molar-refractivity contribution is 6.17. The molecule has 0 rings (SSSR count). The van der Waals surface area contributed by atoms with Crippen molar-refractivity contribution in [2.45, 2.75) is 32.1 Å². The van der Waals surface area contributed by atoms with Crippen LogP contribution in [0.1, 0.15) is 32.1 Å². The summed E-state index contributed by atoms with van der Waals surface area (Å²) in [7, 11) is 1.74. The van der Waals surface area contributed by atoms with Crippen LogP contribution in [0.4, 0.5) is 0 Å². The molecule has 0 spiro atoms. The van der Waals surface area contributed by atoms with E-state index in [2.05, 4.69) is 5.32 Å². The summed E-state index contributed by atoms with van der Waals surface area (Å²) in [5.41, 5.74) is 0. The van der Waals surface area contributed by atoms with Crippen molar-refractivity contribution in [2.75, 3.05) is 32.7 Å². The van der Waals surface area contributed by atoms with E-state index in [0.29, 0.717) is 0 Å². The van der Waals surface area contributed by atoms with Crippen LogP contribution in [0.3, 0.4) is 0 Å². The summed E-state index contributed by atoms with van der Waals surface area (Å²) in [4.78, 5) is 0. The average Bonchev–Trinajstić information content (AvgIpc) is 2.16. The molecule has 0 atom stereocenters. The maximum Gasteiger partial charge on any atom is 0.0474 e. The Balaban J connectivity index is 2.76. The molecule has 0 aliphatic rings. The van der Waals surface area contributed by atoms with E-state index in [1.54, 1.807) is 7.11 Å². The minimum absolute atomic E-state index is 0.807. The second-order valence-electron chi connectivity index (χ2n) is 3.20. The number of methoxy groups -OCH3 is 1. The number of rotatable bonds is 10. The van der Waals surface area contributed by atoms with E-state index in [9.17, 15) is 0 Å². The fraction of sp³-hybridized carbons (Fsp3) is 1.00. The van der Waals surface area contributed by atoms with Crippen LogP contribution in [0.2, 0.25) is 0 Å². The Kier molecular flexibility index (Phi) is 12.4. The van der Waals surface area contributed by atoms with Gasteiger partial charge in [-0.15, -0.1) is 11.6 Å². The third-order valence-electron chi connectivity index (χ3n) is 1.94. The van der Waals surface area contributed by atoms with Crippen molar-refractivity contribution in [3.63, 3.8) is 0 Å². The smallest absolute Gasteiger partial charge is 0.0474 e. The van der Waals surface area contributed by atoms with Crippen molar-refractivity contribution in [2.24, 2.45) is 0 Å². The van der Waals surface area contributed by atoms with Gasteiger partial charge in [0, 0.05) is 19.6 Å². The predicted octanol–water partition coefficient (Wildman–Crippen LogP) is 2.41. The zero-order chi connectivity index (χ0) is 9.78. The van der Waals surface area contributed by atoms with Crippen LogP contribution < -0.4 is 5.32 Å². The lowest BCUT2D eigenvalue weighted by Crippen LogP contribution is -2.17. The first kappa shape index (κ1) is 13.2. The lowest BCUT2D eigenvalue weighted by molar-refractivity contribution is 0.194. The van der Waals surface area contributed by atoms with Crippen LogP contribution >= 0.6 is 11.6 Å². The Bertz CT molecular complexity index is 81.0. The summed E-state index contributed by atoms with van der Waals surface area (Å²) in [5, 5.41) is 3.38. The van der Waals surface area contributed by atoms with Gasteiger partial charge in [0.1, 0.15) is 0 Å². The van der Waals surface area contributed by atoms with Crippen LogP contribution in [-0.2, 0) is 4.74 Å². The first-order valence-electron chi connectivity index (χ1n) is 5.17. The molecule has 0 aliphatic carbocycles. The molecule has 0 saturated heterocycles. The van der Waals surface area contributed by atoms with Crippen molar-refractivity contribution in [1.82, 2.24) is 5.32 Å². The molecule has 2 nitrogen and oxygen atoms in total. The Morgan fingerprint density at radius 3 is 2.38 bits per heavy atom. The summed E-state index contributed by atoms with van der Waals surface area (Å²) in [6, 6.07) is 0. The maximum atomic E-state index is 5.57. The van der Waals surface area contributed by atoms with Crippen LogP contribution in [-0.4, -0.2) is 32.7 Å². The molecule has 0 aromatic rings. The standard InChI is InChI=1S/C10H22ClNO/c1-13-10-6-9-12-8-5-3-2-4-7-11/h12H,2-10H2,1H3. The zero-order valence-electron chi connectivity index (χ0n) is 8.65. The number of hydrogen-bond acceptors (Lipinski definition) is 2. The van der Waals surface area contributed by atoms with Gasteiger partial charge in [-0.1, -0.05) is 12.8 Å². The number of halogens is 1. The molecule has 3 heteroatoms. The molecule has 0 amide bonds. The number of alkyl halides is 1. The second-order valence-corrected chi connectivity index (χ2v) is 3.58. The van der Waals surface area contributed by atoms with E-state index in [4.69, 9.17) is 16.3 Å². The lowest BCUT2D eigenvalue weighted by Gasteiger charge is -2.03. The molecule has 0 heterocycles. The Morgan fingerprint density at radius 1 is 1.00 bits per heavy atom. The third kappa shape index (κ3) is 12.2. The number of ether oxygens (including phenoxy) is 1. The first-order valence-corrected chi connectivity index (χ1v) is 5.71. The fourth-order valence-corrected chi connectivity index (χ4v) is 1.35. The summed E-state index contributed by atoms with van der Waals surface area (Å²) < 4.78 is 4.95. The summed E-state index contributed by atoms with van der Waals surface area (Å²) in [6.07, 6.45) is 6.10. The van der Waals surface area contributed by atoms with Gasteiger partial charge in [-0.25, -0.2) is 0 Å². The van der Waals surface area contributed by atoms with Crippen molar-refractivity contribution in [1.29, 1.82) is 0 Å². The molecule has 0 aliphatic heterocycles. The van der Waals surface area contributed by atoms with Gasteiger partial charge < -0.3 is 10.1 Å². The van der Waals surface area contributed by atoms with Gasteiger partial charge in [0.2, 0.25) is 0 Å². The van der Waals surface area contributed by atoms with Gasteiger partial charge in [0.15, 0.2) is 0 Å². The largest absolute Gasteiger partial charge is 0.385 e. The molecule has 0 aromatic heterocycles. The van der Waals surface area contributed by atoms with Gasteiger partial charge in [-0.3, -0.25) is 0 Å². The topological polar surface area (TPSA) is 21.3 Å². The van der Waals surface area contributed by atoms with Gasteiger partial charge in [-0.05, 0) is 32.4 Å². The quantitative estimate of drug-likeness (QED) is 0.439. The molecule has 0 bridgehead atoms. The number of hydrogen-bond donors (Lipinski definition) is 1. The molecule has 0 radical (unpaired) electrons. The van der Waals surface area contributed by atoms with Crippen molar-refractivity contribution in [3.05, 3.63) is 0 Å². The summed E-state index contributed by atoms with van der Waals surface area (Å²) in [6.45, 7) is 3.06. The van der Waals surface area contributed by atoms with Gasteiger partial charge in [-0.2, -0.15) is 0 Å². The highest BCUT2D eigenvalue weighted by Crippen LogP contribution is 1.99. The van der Waals surface area contributed by atoms with E-state index in [0.717, 1.165) is 38.4 Å². The van der Waals surface area contributed by atoms with Gasteiger partial charge >= 0.3 is 0 Å². The number of nitrogens with one attached hydrogen (secondary N) is 1. The molecule has 1 N–H and O–H groups in total. The van der Waals surface area contributed by atoms with Crippen LogP contribution in [0.5, 0.6) is 0 Å². The van der Waals surface area contributed by atoms with Crippen molar-refractivity contribution in [3.8, 4) is 0 Å². The predicted molar refractivity (Wildman–Crippen MR) is 58.6 cm³/mol. The highest BCUT2D eigenvalue weighted by atomic mass is 35.5. The van der Waals surface area contributed by atoms with Crippen LogP contribution in [0.15, 0.2) is 0 Å². The molecular formula is C10H22ClNO. The second kappa shape index (κ2) is 12.2. The Labute approximate surface area is 87.0 Å². The SMILES string of the molecule is COCCCNCCCCCCCl. The average molecular weight is 208 g/mol. The van der Waals surface area contributed by atoms with E-state index < -0.39 is 0 Å². The monoisotopic (exact) mass is 207 g/mol. The molecular weight excluding hydrogens is 186 g/mol. The van der Waals surface area contributed by atoms with E-state index in [1.807, 2.05) is 0 Å². The lowest BCUT2D eigenvalue weighted by atomic mass is 10.2. The van der Waals surface area contributed by atoms with Crippen LogP contribution in [0, 0.1) is 0 Å². The third-order valence-corrected chi connectivity index (χ3v) is 2.21. The van der Waals surface area contributed by atoms with Gasteiger partial charge in [0.25, 0.3) is 0 Å². The van der Waals surface area contributed by atoms with Crippen molar-refractivity contribution < 1.29 is 4.74 Å². The normalized spacial score (nSPS) is 10.6. The Hall–Kier alpha value is 0.210. The van der Waals surface area contributed by atoms with E-state index in [-0.39, 0.29) is 0 Å². The van der Waals surface area contributed by atoms with Crippen LogP contribution in [0.25, 0.3) is 0 Å². The molecule has 0 saturated carbocycles. The minimum atomic E-state index is 0.807. The Morgan fingerprint density at radius 2 is 1.69 bits per heavy atom. The zero-order valence-corrected chi connectivity index (χ0v) is 9.41.